The average molecular weight is 517 g/mol. The van der Waals surface area contributed by atoms with Crippen LogP contribution in [0.25, 0.3) is 11.4 Å². The van der Waals surface area contributed by atoms with Gasteiger partial charge in [-0.1, -0.05) is 42.5 Å². The lowest BCUT2D eigenvalue weighted by molar-refractivity contribution is -0.143. The molecule has 2 amide bonds. The summed E-state index contributed by atoms with van der Waals surface area (Å²) >= 11 is 0. The molecule has 1 heterocycles. The van der Waals surface area contributed by atoms with E-state index in [-0.39, 0.29) is 36.4 Å². The summed E-state index contributed by atoms with van der Waals surface area (Å²) in [6.45, 7) is 5.44. The monoisotopic (exact) mass is 516 g/mol. The van der Waals surface area contributed by atoms with Crippen LogP contribution in [0.2, 0.25) is 0 Å². The Morgan fingerprint density at radius 2 is 1.66 bits per heavy atom. The number of aromatic hydroxyl groups is 1. The van der Waals surface area contributed by atoms with Crippen molar-refractivity contribution < 1.29 is 19.1 Å². The molecule has 0 spiro atoms. The molecule has 4 aromatic rings. The molecule has 0 aliphatic rings. The Bertz CT molecular complexity index is 1380. The lowest BCUT2D eigenvalue weighted by Crippen LogP contribution is -2.49. The summed E-state index contributed by atoms with van der Waals surface area (Å²) in [4.78, 5) is 30.0. The highest BCUT2D eigenvalue weighted by Crippen LogP contribution is 2.27. The summed E-state index contributed by atoms with van der Waals surface area (Å²) in [6.07, 6.45) is 0. The Morgan fingerprint density at radius 3 is 2.29 bits per heavy atom. The zero-order chi connectivity index (χ0) is 27.3. The molecule has 9 nitrogen and oxygen atoms in total. The summed E-state index contributed by atoms with van der Waals surface area (Å²) in [5, 5.41) is 25.1. The van der Waals surface area contributed by atoms with Crippen LogP contribution in [0.15, 0.2) is 78.9 Å². The van der Waals surface area contributed by atoms with Crippen molar-refractivity contribution in [2.24, 2.45) is 0 Å². The van der Waals surface area contributed by atoms with E-state index in [1.807, 2.05) is 51.1 Å². The van der Waals surface area contributed by atoms with E-state index < -0.39 is 17.5 Å². The van der Waals surface area contributed by atoms with Crippen molar-refractivity contribution in [1.29, 1.82) is 0 Å². The number of amides is 2. The number of halogens is 1. The topological polar surface area (TPSA) is 113 Å². The van der Waals surface area contributed by atoms with E-state index in [0.717, 1.165) is 10.4 Å². The van der Waals surface area contributed by atoms with Crippen molar-refractivity contribution in [3.8, 4) is 17.1 Å². The predicted molar refractivity (Wildman–Crippen MR) is 139 cm³/mol. The number of carbonyl (C=O) groups excluding carboxylic acids is 2. The van der Waals surface area contributed by atoms with Crippen molar-refractivity contribution in [3.63, 3.8) is 0 Å². The van der Waals surface area contributed by atoms with E-state index in [1.165, 1.54) is 41.3 Å². The Kier molecular flexibility index (Phi) is 7.80. The smallest absolute Gasteiger partial charge is 0.247 e. The second kappa shape index (κ2) is 11.2. The van der Waals surface area contributed by atoms with Crippen molar-refractivity contribution >= 4 is 11.8 Å². The van der Waals surface area contributed by atoms with Gasteiger partial charge in [0.05, 0.1) is 0 Å². The molecular formula is C28H29FN6O3. The summed E-state index contributed by atoms with van der Waals surface area (Å²) < 4.78 is 13.3. The normalized spacial score (nSPS) is 12.1. The number of rotatable bonds is 8. The van der Waals surface area contributed by atoms with Crippen LogP contribution in [0.1, 0.15) is 37.9 Å². The van der Waals surface area contributed by atoms with E-state index in [9.17, 15) is 19.1 Å². The van der Waals surface area contributed by atoms with Gasteiger partial charge in [-0.3, -0.25) is 9.59 Å². The van der Waals surface area contributed by atoms with Gasteiger partial charge in [-0.05, 0) is 73.5 Å². The molecule has 0 fully saturated rings. The number of benzene rings is 3. The first-order chi connectivity index (χ1) is 18.1. The van der Waals surface area contributed by atoms with Gasteiger partial charge < -0.3 is 15.3 Å². The lowest BCUT2D eigenvalue weighted by atomic mass is 10.0. The molecule has 1 aromatic heterocycles. The van der Waals surface area contributed by atoms with E-state index in [1.54, 1.807) is 12.1 Å². The maximum absolute atomic E-state index is 13.8. The van der Waals surface area contributed by atoms with Crippen LogP contribution >= 0.6 is 0 Å². The number of aromatic nitrogens is 4. The molecule has 0 radical (unpaired) electrons. The molecule has 0 bridgehead atoms. The van der Waals surface area contributed by atoms with Gasteiger partial charge in [0, 0.05) is 17.6 Å². The second-order valence-electron chi connectivity index (χ2n) is 9.89. The Balaban J connectivity index is 1.68. The van der Waals surface area contributed by atoms with Crippen LogP contribution < -0.4 is 5.32 Å². The van der Waals surface area contributed by atoms with E-state index in [2.05, 4.69) is 20.7 Å². The predicted octanol–water partition coefficient (Wildman–Crippen LogP) is 3.87. The van der Waals surface area contributed by atoms with Crippen LogP contribution in [-0.4, -0.2) is 47.6 Å². The summed E-state index contributed by atoms with van der Waals surface area (Å²) in [6, 6.07) is 20.2. The third kappa shape index (κ3) is 6.78. The van der Waals surface area contributed by atoms with Crippen molar-refractivity contribution in [2.45, 2.75) is 45.4 Å². The third-order valence-corrected chi connectivity index (χ3v) is 5.62. The van der Waals surface area contributed by atoms with Gasteiger partial charge in [0.15, 0.2) is 0 Å². The van der Waals surface area contributed by atoms with Crippen molar-refractivity contribution in [1.82, 2.24) is 30.4 Å². The van der Waals surface area contributed by atoms with Gasteiger partial charge in [-0.2, -0.15) is 4.80 Å². The molecule has 0 unspecified atom stereocenters. The number of phenols is 1. The number of phenolic OH excluding ortho intramolecular Hbond substituents is 1. The molecule has 0 saturated carbocycles. The molecule has 0 aliphatic heterocycles. The average Bonchev–Trinajstić information content (AvgIpc) is 3.33. The summed E-state index contributed by atoms with van der Waals surface area (Å²) in [5.74, 6) is -0.885. The minimum Gasteiger partial charge on any atom is -0.508 e. The van der Waals surface area contributed by atoms with Gasteiger partial charge in [0.1, 0.15) is 24.2 Å². The summed E-state index contributed by atoms with van der Waals surface area (Å²) in [5.41, 5.74) is 1.36. The number of nitrogens with one attached hydrogen (secondary N) is 1. The Labute approximate surface area is 219 Å². The van der Waals surface area contributed by atoms with Crippen LogP contribution in [0.3, 0.4) is 0 Å². The third-order valence-electron chi connectivity index (χ3n) is 5.62. The van der Waals surface area contributed by atoms with Gasteiger partial charge in [0.25, 0.3) is 0 Å². The number of hydrogen-bond donors (Lipinski definition) is 2. The molecule has 196 valence electrons. The zero-order valence-electron chi connectivity index (χ0n) is 21.4. The number of hydrogen-bond acceptors (Lipinski definition) is 6. The molecule has 1 atom stereocenters. The fourth-order valence-corrected chi connectivity index (χ4v) is 3.91. The first-order valence-corrected chi connectivity index (χ1v) is 12.1. The maximum Gasteiger partial charge on any atom is 0.247 e. The zero-order valence-corrected chi connectivity index (χ0v) is 21.4. The Hall–Kier alpha value is -4.60. The first kappa shape index (κ1) is 26.5. The molecule has 0 saturated heterocycles. The first-order valence-electron chi connectivity index (χ1n) is 12.1. The van der Waals surface area contributed by atoms with E-state index >= 15 is 0 Å². The summed E-state index contributed by atoms with van der Waals surface area (Å²) in [7, 11) is 0. The van der Waals surface area contributed by atoms with Crippen LogP contribution in [0, 0.1) is 5.82 Å². The highest BCUT2D eigenvalue weighted by Gasteiger charge is 2.33. The molecule has 3 aromatic carbocycles. The molecule has 38 heavy (non-hydrogen) atoms. The van der Waals surface area contributed by atoms with Gasteiger partial charge in [0.2, 0.25) is 17.6 Å². The van der Waals surface area contributed by atoms with E-state index in [4.69, 9.17) is 0 Å². The number of tetrazole rings is 1. The SMILES string of the molecule is CC(C)(C)NC(=O)[C@@H](c1ccc(O)cc1)N(Cc1ccccc1)C(=O)Cn1nnc(-c2ccc(F)cc2)n1. The molecule has 2 N–H and O–H groups in total. The van der Waals surface area contributed by atoms with Crippen LogP contribution in [-0.2, 0) is 22.7 Å². The highest BCUT2D eigenvalue weighted by molar-refractivity contribution is 5.89. The van der Waals surface area contributed by atoms with E-state index in [0.29, 0.717) is 11.1 Å². The Morgan fingerprint density at radius 1 is 1.00 bits per heavy atom. The standard InChI is InChI=1S/C28H29FN6O3/c1-28(2,3)30-27(38)25(20-11-15-23(36)16-12-20)34(17-19-7-5-4-6-8-19)24(37)18-35-32-26(31-33-35)21-9-13-22(29)14-10-21/h4-16,25,36H,17-18H2,1-3H3,(H,30,38)/t25-/m1/s1. The number of carbonyl (C=O) groups is 2. The molecule has 4 rings (SSSR count). The largest absolute Gasteiger partial charge is 0.508 e. The molecule has 10 heteroatoms. The fraction of sp³-hybridized carbons (Fsp3) is 0.250. The number of nitrogens with zero attached hydrogens (tertiary/aromatic N) is 5. The van der Waals surface area contributed by atoms with Crippen molar-refractivity contribution in [2.75, 3.05) is 0 Å². The van der Waals surface area contributed by atoms with Gasteiger partial charge in [-0.25, -0.2) is 4.39 Å². The highest BCUT2D eigenvalue weighted by atomic mass is 19.1. The minimum atomic E-state index is -0.998. The second-order valence-corrected chi connectivity index (χ2v) is 9.89. The van der Waals surface area contributed by atoms with Gasteiger partial charge >= 0.3 is 0 Å². The fourth-order valence-electron chi connectivity index (χ4n) is 3.91. The van der Waals surface area contributed by atoms with Crippen molar-refractivity contribution in [3.05, 3.63) is 95.8 Å². The van der Waals surface area contributed by atoms with Crippen LogP contribution in [0.5, 0.6) is 5.75 Å². The lowest BCUT2D eigenvalue weighted by Gasteiger charge is -2.33. The van der Waals surface area contributed by atoms with Crippen LogP contribution in [0.4, 0.5) is 4.39 Å². The quantitative estimate of drug-likeness (QED) is 0.368. The minimum absolute atomic E-state index is 0.0461. The van der Waals surface area contributed by atoms with Gasteiger partial charge in [-0.15, -0.1) is 10.2 Å². The molecular weight excluding hydrogens is 487 g/mol. The molecule has 0 aliphatic carbocycles. The maximum atomic E-state index is 13.8.